The highest BCUT2D eigenvalue weighted by molar-refractivity contribution is 5.58. The molecule has 0 radical (unpaired) electrons. The van der Waals surface area contributed by atoms with E-state index in [2.05, 4.69) is 11.4 Å². The molecule has 3 heteroatoms. The fourth-order valence-electron chi connectivity index (χ4n) is 1.91. The van der Waals surface area contributed by atoms with Gasteiger partial charge in [0.25, 0.3) is 0 Å². The zero-order valence-electron chi connectivity index (χ0n) is 9.37. The molecule has 0 amide bonds. The van der Waals surface area contributed by atoms with Crippen molar-refractivity contribution in [1.29, 1.82) is 5.26 Å². The smallest absolute Gasteiger partial charge is 0.0670 e. The Labute approximate surface area is 96.3 Å². The van der Waals surface area contributed by atoms with E-state index >= 15 is 0 Å². The molecule has 3 N–H and O–H groups in total. The monoisotopic (exact) mass is 215 g/mol. The zero-order valence-corrected chi connectivity index (χ0v) is 9.37. The quantitative estimate of drug-likeness (QED) is 0.759. The van der Waals surface area contributed by atoms with Gasteiger partial charge in [-0.15, -0.1) is 0 Å². The van der Waals surface area contributed by atoms with Gasteiger partial charge in [-0.2, -0.15) is 5.26 Å². The number of hydrogen-bond acceptors (Lipinski definition) is 3. The average Bonchev–Trinajstić information content (AvgIpc) is 2.21. The highest BCUT2D eigenvalue weighted by Gasteiger charge is 2.16. The Hall–Kier alpha value is -1.69. The first-order valence-corrected chi connectivity index (χ1v) is 5.79. The minimum absolute atomic E-state index is 0.380. The molecule has 0 heterocycles. The van der Waals surface area contributed by atoms with Crippen LogP contribution in [0.3, 0.4) is 0 Å². The van der Waals surface area contributed by atoms with Gasteiger partial charge in [-0.3, -0.25) is 0 Å². The van der Waals surface area contributed by atoms with Crippen molar-refractivity contribution < 1.29 is 0 Å². The molecule has 3 nitrogen and oxygen atoms in total. The first kappa shape index (κ1) is 10.8. The fourth-order valence-corrected chi connectivity index (χ4v) is 1.91. The topological polar surface area (TPSA) is 61.8 Å². The summed E-state index contributed by atoms with van der Waals surface area (Å²) in [7, 11) is 0. The predicted molar refractivity (Wildman–Crippen MR) is 66.0 cm³/mol. The second kappa shape index (κ2) is 4.89. The van der Waals surface area contributed by atoms with E-state index in [0.29, 0.717) is 12.1 Å². The van der Waals surface area contributed by atoms with E-state index in [1.54, 1.807) is 0 Å². The normalized spacial score (nSPS) is 15.2. The average molecular weight is 215 g/mol. The van der Waals surface area contributed by atoms with Crippen molar-refractivity contribution >= 4 is 11.4 Å². The molecule has 1 aromatic rings. The molecule has 1 fully saturated rings. The van der Waals surface area contributed by atoms with E-state index in [0.717, 1.165) is 23.7 Å². The van der Waals surface area contributed by atoms with Crippen molar-refractivity contribution in [3.8, 4) is 6.07 Å². The third-order valence-corrected chi connectivity index (χ3v) is 3.23. The van der Waals surface area contributed by atoms with Gasteiger partial charge in [0, 0.05) is 17.9 Å². The van der Waals surface area contributed by atoms with E-state index in [1.807, 2.05) is 18.2 Å². The van der Waals surface area contributed by atoms with Crippen molar-refractivity contribution in [2.75, 3.05) is 17.6 Å². The molecule has 0 unspecified atom stereocenters. The van der Waals surface area contributed by atoms with Crippen LogP contribution in [0.25, 0.3) is 0 Å². The highest BCUT2D eigenvalue weighted by atomic mass is 14.9. The van der Waals surface area contributed by atoms with Crippen molar-refractivity contribution in [2.45, 2.75) is 25.7 Å². The first-order valence-electron chi connectivity index (χ1n) is 5.79. The van der Waals surface area contributed by atoms with Crippen molar-refractivity contribution in [3.05, 3.63) is 23.8 Å². The van der Waals surface area contributed by atoms with Gasteiger partial charge in [0.05, 0.1) is 12.5 Å². The Bertz CT molecular complexity index is 402. The molecule has 1 saturated carbocycles. The number of nitrogens with one attached hydrogen (secondary N) is 1. The number of nitrogens with two attached hydrogens (primary N) is 1. The number of benzene rings is 1. The highest BCUT2D eigenvalue weighted by Crippen LogP contribution is 2.27. The first-order chi connectivity index (χ1) is 7.79. The van der Waals surface area contributed by atoms with E-state index in [4.69, 9.17) is 11.0 Å². The lowest BCUT2D eigenvalue weighted by Crippen LogP contribution is -2.20. The van der Waals surface area contributed by atoms with Crippen LogP contribution in [0, 0.1) is 17.2 Å². The summed E-state index contributed by atoms with van der Waals surface area (Å²) in [6.07, 6.45) is 4.43. The molecule has 2 rings (SSSR count). The Kier molecular flexibility index (Phi) is 3.31. The molecule has 1 aliphatic rings. The molecule has 0 atom stereocenters. The molecular formula is C13H17N3. The van der Waals surface area contributed by atoms with Gasteiger partial charge < -0.3 is 11.1 Å². The maximum Gasteiger partial charge on any atom is 0.0670 e. The van der Waals surface area contributed by atoms with Crippen molar-refractivity contribution in [3.63, 3.8) is 0 Å². The summed E-state index contributed by atoms with van der Waals surface area (Å²) in [5, 5.41) is 12.1. The molecule has 0 bridgehead atoms. The Morgan fingerprint density at radius 3 is 2.88 bits per heavy atom. The Morgan fingerprint density at radius 1 is 1.44 bits per heavy atom. The molecule has 1 aliphatic carbocycles. The van der Waals surface area contributed by atoms with E-state index < -0.39 is 0 Å². The van der Waals surface area contributed by atoms with Crippen LogP contribution in [0.2, 0.25) is 0 Å². The van der Waals surface area contributed by atoms with Crippen LogP contribution in [-0.2, 0) is 6.42 Å². The maximum absolute atomic E-state index is 8.67. The van der Waals surface area contributed by atoms with Crippen LogP contribution in [0.4, 0.5) is 11.4 Å². The van der Waals surface area contributed by atoms with Crippen LogP contribution in [0.5, 0.6) is 0 Å². The summed E-state index contributed by atoms with van der Waals surface area (Å²) >= 11 is 0. The van der Waals surface area contributed by atoms with Crippen LogP contribution in [0.1, 0.15) is 24.8 Å². The molecule has 84 valence electrons. The second-order valence-corrected chi connectivity index (χ2v) is 4.43. The lowest BCUT2D eigenvalue weighted by molar-refractivity contribution is 0.333. The van der Waals surface area contributed by atoms with Crippen molar-refractivity contribution in [2.24, 2.45) is 5.92 Å². The van der Waals surface area contributed by atoms with Crippen LogP contribution < -0.4 is 11.1 Å². The second-order valence-electron chi connectivity index (χ2n) is 4.43. The predicted octanol–water partition coefficient (Wildman–Crippen LogP) is 2.55. The molecular weight excluding hydrogens is 198 g/mol. The van der Waals surface area contributed by atoms with E-state index in [-0.39, 0.29) is 0 Å². The number of anilines is 2. The van der Waals surface area contributed by atoms with E-state index in [1.165, 1.54) is 19.3 Å². The standard InChI is InChI=1S/C13H17N3/c14-7-6-11-8-12(4-5-13(11)15)16-9-10-2-1-3-10/h4-5,8,10,16H,1-3,6,9,15H2. The summed E-state index contributed by atoms with van der Waals surface area (Å²) in [6, 6.07) is 7.97. The number of nitrogens with zero attached hydrogens (tertiary/aromatic N) is 1. The number of hydrogen-bond donors (Lipinski definition) is 2. The van der Waals surface area contributed by atoms with Gasteiger partial charge in [0.2, 0.25) is 0 Å². The largest absolute Gasteiger partial charge is 0.398 e. The molecule has 0 aliphatic heterocycles. The third-order valence-electron chi connectivity index (χ3n) is 3.23. The lowest BCUT2D eigenvalue weighted by atomic mass is 9.85. The van der Waals surface area contributed by atoms with Gasteiger partial charge >= 0.3 is 0 Å². The number of nitrogen functional groups attached to an aromatic ring is 1. The fraction of sp³-hybridized carbons (Fsp3) is 0.462. The van der Waals surface area contributed by atoms with Crippen molar-refractivity contribution in [1.82, 2.24) is 0 Å². The lowest BCUT2D eigenvalue weighted by Gasteiger charge is -2.26. The maximum atomic E-state index is 8.67. The van der Waals surface area contributed by atoms with Gasteiger partial charge in [0.1, 0.15) is 0 Å². The van der Waals surface area contributed by atoms with Crippen LogP contribution >= 0.6 is 0 Å². The van der Waals surface area contributed by atoms with E-state index in [9.17, 15) is 0 Å². The zero-order chi connectivity index (χ0) is 11.4. The third kappa shape index (κ3) is 2.46. The number of nitriles is 1. The summed E-state index contributed by atoms with van der Waals surface area (Å²) < 4.78 is 0. The minimum atomic E-state index is 0.380. The Balaban J connectivity index is 1.98. The molecule has 1 aromatic carbocycles. The summed E-state index contributed by atoms with van der Waals surface area (Å²) in [5.41, 5.74) is 8.49. The van der Waals surface area contributed by atoms with Gasteiger partial charge in [-0.05, 0) is 42.5 Å². The van der Waals surface area contributed by atoms with Gasteiger partial charge in [0.15, 0.2) is 0 Å². The minimum Gasteiger partial charge on any atom is -0.398 e. The van der Waals surface area contributed by atoms with Gasteiger partial charge in [-0.25, -0.2) is 0 Å². The molecule has 0 aromatic heterocycles. The SMILES string of the molecule is N#CCc1cc(NCC2CCC2)ccc1N. The molecule has 16 heavy (non-hydrogen) atoms. The number of rotatable bonds is 4. The van der Waals surface area contributed by atoms with Crippen LogP contribution in [-0.4, -0.2) is 6.54 Å². The molecule has 0 saturated heterocycles. The Morgan fingerprint density at radius 2 is 2.25 bits per heavy atom. The summed E-state index contributed by atoms with van der Waals surface area (Å²) in [4.78, 5) is 0. The van der Waals surface area contributed by atoms with Crippen LogP contribution in [0.15, 0.2) is 18.2 Å². The van der Waals surface area contributed by atoms with Gasteiger partial charge in [-0.1, -0.05) is 6.42 Å². The summed E-state index contributed by atoms with van der Waals surface area (Å²) in [5.74, 6) is 0.831. The molecule has 0 spiro atoms. The summed E-state index contributed by atoms with van der Waals surface area (Å²) in [6.45, 7) is 1.04.